The number of nitrogens with zero attached hydrogens (tertiary/aromatic N) is 3. The minimum Gasteiger partial charge on any atom is -0.377 e. The molecule has 124 valence electrons. The van der Waals surface area contributed by atoms with Crippen molar-refractivity contribution in [2.45, 2.75) is 33.2 Å². The predicted molar refractivity (Wildman–Crippen MR) is 91.8 cm³/mol. The number of morpholine rings is 1. The van der Waals surface area contributed by atoms with Crippen molar-refractivity contribution < 1.29 is 9.53 Å². The number of amides is 1. The topological polar surface area (TPSA) is 81.3 Å². The quantitative estimate of drug-likeness (QED) is 0.923. The van der Waals surface area contributed by atoms with Crippen LogP contribution in [0.4, 0.5) is 5.82 Å². The highest BCUT2D eigenvalue weighted by Crippen LogP contribution is 2.34. The summed E-state index contributed by atoms with van der Waals surface area (Å²) in [7, 11) is 0. The highest BCUT2D eigenvalue weighted by Gasteiger charge is 2.31. The number of primary amides is 1. The standard InChI is InChI=1S/C16H22N4O2S/c1-9(2)6-11-8-23-16-13(11)15(18-10(3)19-16)20-4-5-22-7-12(20)14(17)21/h8-9,12H,4-7H2,1-3H3,(H2,17,21)/t12-/m0/s1. The normalized spacial score (nSPS) is 18.8. The number of aryl methyl sites for hydroxylation is 1. The fourth-order valence-corrected chi connectivity index (χ4v) is 3.97. The fourth-order valence-electron chi connectivity index (χ4n) is 2.98. The van der Waals surface area contributed by atoms with Crippen molar-refractivity contribution >= 4 is 33.3 Å². The van der Waals surface area contributed by atoms with Crippen LogP contribution in [-0.2, 0) is 16.0 Å². The van der Waals surface area contributed by atoms with Crippen molar-refractivity contribution in [2.24, 2.45) is 11.7 Å². The highest BCUT2D eigenvalue weighted by atomic mass is 32.1. The first-order valence-corrected chi connectivity index (χ1v) is 8.73. The first kappa shape index (κ1) is 16.1. The summed E-state index contributed by atoms with van der Waals surface area (Å²) in [6.45, 7) is 7.75. The second-order valence-corrected chi connectivity index (χ2v) is 7.18. The molecule has 0 spiro atoms. The number of aromatic nitrogens is 2. The monoisotopic (exact) mass is 334 g/mol. The van der Waals surface area contributed by atoms with E-state index in [-0.39, 0.29) is 5.91 Å². The number of hydrogen-bond donors (Lipinski definition) is 1. The largest absolute Gasteiger partial charge is 0.377 e. The summed E-state index contributed by atoms with van der Waals surface area (Å²) in [4.78, 5) is 24.0. The predicted octanol–water partition coefficient (Wildman–Crippen LogP) is 1.89. The van der Waals surface area contributed by atoms with Crippen LogP contribution in [0.3, 0.4) is 0 Å². The van der Waals surface area contributed by atoms with Crippen molar-refractivity contribution in [1.29, 1.82) is 0 Å². The second kappa shape index (κ2) is 6.41. The molecule has 3 rings (SSSR count). The average Bonchev–Trinajstić information content (AvgIpc) is 2.88. The maximum atomic E-state index is 11.8. The van der Waals surface area contributed by atoms with E-state index in [4.69, 9.17) is 10.5 Å². The van der Waals surface area contributed by atoms with Gasteiger partial charge < -0.3 is 15.4 Å². The number of fused-ring (bicyclic) bond motifs is 1. The Labute approximate surface area is 139 Å². The van der Waals surface area contributed by atoms with Crippen LogP contribution in [0, 0.1) is 12.8 Å². The summed E-state index contributed by atoms with van der Waals surface area (Å²) in [5.74, 6) is 1.69. The van der Waals surface area contributed by atoms with Gasteiger partial charge in [-0.3, -0.25) is 4.79 Å². The smallest absolute Gasteiger partial charge is 0.242 e. The third-order valence-corrected chi connectivity index (χ3v) is 4.88. The third-order valence-electron chi connectivity index (χ3n) is 3.96. The molecule has 3 heterocycles. The van der Waals surface area contributed by atoms with E-state index in [9.17, 15) is 4.79 Å². The Morgan fingerprint density at radius 1 is 1.52 bits per heavy atom. The van der Waals surface area contributed by atoms with Gasteiger partial charge in [-0.2, -0.15) is 0 Å². The molecule has 7 heteroatoms. The van der Waals surface area contributed by atoms with Crippen LogP contribution in [0.1, 0.15) is 25.2 Å². The number of rotatable bonds is 4. The van der Waals surface area contributed by atoms with Gasteiger partial charge in [-0.25, -0.2) is 9.97 Å². The third kappa shape index (κ3) is 3.16. The van der Waals surface area contributed by atoms with Gasteiger partial charge in [-0.15, -0.1) is 11.3 Å². The Morgan fingerprint density at radius 2 is 2.30 bits per heavy atom. The van der Waals surface area contributed by atoms with Gasteiger partial charge in [0, 0.05) is 6.54 Å². The molecule has 2 N–H and O–H groups in total. The van der Waals surface area contributed by atoms with E-state index in [2.05, 4.69) is 29.2 Å². The number of ether oxygens (including phenoxy) is 1. The molecule has 0 radical (unpaired) electrons. The number of nitrogens with two attached hydrogens (primary N) is 1. The van der Waals surface area contributed by atoms with Gasteiger partial charge in [-0.1, -0.05) is 13.8 Å². The Hall–Kier alpha value is -1.73. The number of carbonyl (C=O) groups excluding carboxylic acids is 1. The molecule has 1 saturated heterocycles. The van der Waals surface area contributed by atoms with Crippen molar-refractivity contribution in [3.05, 3.63) is 16.8 Å². The van der Waals surface area contributed by atoms with E-state index >= 15 is 0 Å². The Kier molecular flexibility index (Phi) is 4.50. The van der Waals surface area contributed by atoms with Gasteiger partial charge in [0.15, 0.2) is 0 Å². The summed E-state index contributed by atoms with van der Waals surface area (Å²) in [6, 6.07) is -0.479. The lowest BCUT2D eigenvalue weighted by molar-refractivity contribution is -0.121. The highest BCUT2D eigenvalue weighted by molar-refractivity contribution is 7.17. The van der Waals surface area contributed by atoms with Gasteiger partial charge in [0.2, 0.25) is 5.91 Å². The number of carbonyl (C=O) groups is 1. The summed E-state index contributed by atoms with van der Waals surface area (Å²) in [5.41, 5.74) is 6.81. The van der Waals surface area contributed by atoms with Gasteiger partial charge in [-0.05, 0) is 30.2 Å². The Bertz CT molecular complexity index is 728. The molecule has 0 unspecified atom stereocenters. The van der Waals surface area contributed by atoms with E-state index in [1.807, 2.05) is 11.8 Å². The molecular weight excluding hydrogens is 312 g/mol. The summed E-state index contributed by atoms with van der Waals surface area (Å²) in [6.07, 6.45) is 0.963. The van der Waals surface area contributed by atoms with Crippen molar-refractivity contribution in [2.75, 3.05) is 24.7 Å². The molecule has 0 saturated carbocycles. The molecule has 6 nitrogen and oxygen atoms in total. The lowest BCUT2D eigenvalue weighted by Gasteiger charge is -2.35. The molecule has 0 aliphatic carbocycles. The van der Waals surface area contributed by atoms with Gasteiger partial charge in [0.25, 0.3) is 0 Å². The first-order valence-electron chi connectivity index (χ1n) is 7.85. The minimum absolute atomic E-state index is 0.309. The lowest BCUT2D eigenvalue weighted by Crippen LogP contribution is -2.53. The van der Waals surface area contributed by atoms with Crippen LogP contribution in [0.15, 0.2) is 5.38 Å². The SMILES string of the molecule is Cc1nc(N2CCOC[C@H]2C(N)=O)c2c(CC(C)C)csc2n1. The van der Waals surface area contributed by atoms with Gasteiger partial charge >= 0.3 is 0 Å². The fraction of sp³-hybridized carbons (Fsp3) is 0.562. The molecule has 2 aromatic rings. The van der Waals surface area contributed by atoms with Crippen LogP contribution in [0.5, 0.6) is 0 Å². The first-order chi connectivity index (χ1) is 11.0. The van der Waals surface area contributed by atoms with E-state index < -0.39 is 6.04 Å². The average molecular weight is 334 g/mol. The molecule has 23 heavy (non-hydrogen) atoms. The molecule has 1 fully saturated rings. The van der Waals surface area contributed by atoms with E-state index in [0.717, 1.165) is 22.5 Å². The maximum Gasteiger partial charge on any atom is 0.242 e. The molecule has 1 aliphatic heterocycles. The lowest BCUT2D eigenvalue weighted by atomic mass is 10.0. The minimum atomic E-state index is -0.479. The summed E-state index contributed by atoms with van der Waals surface area (Å²) >= 11 is 1.63. The van der Waals surface area contributed by atoms with Gasteiger partial charge in [0.1, 0.15) is 22.5 Å². The Balaban J connectivity index is 2.14. The van der Waals surface area contributed by atoms with E-state index in [0.29, 0.717) is 31.5 Å². The molecule has 1 aliphatic rings. The summed E-state index contributed by atoms with van der Waals surface area (Å²) in [5, 5.41) is 3.21. The van der Waals surface area contributed by atoms with Crippen molar-refractivity contribution in [3.63, 3.8) is 0 Å². The number of anilines is 1. The van der Waals surface area contributed by atoms with E-state index in [1.54, 1.807) is 11.3 Å². The van der Waals surface area contributed by atoms with Crippen molar-refractivity contribution in [1.82, 2.24) is 9.97 Å². The Morgan fingerprint density at radius 3 is 3.00 bits per heavy atom. The molecule has 2 aromatic heterocycles. The van der Waals surface area contributed by atoms with Gasteiger partial charge in [0.05, 0.1) is 18.6 Å². The molecule has 0 bridgehead atoms. The van der Waals surface area contributed by atoms with Crippen LogP contribution in [0.2, 0.25) is 0 Å². The van der Waals surface area contributed by atoms with Crippen LogP contribution < -0.4 is 10.6 Å². The van der Waals surface area contributed by atoms with Crippen LogP contribution in [-0.4, -0.2) is 41.7 Å². The van der Waals surface area contributed by atoms with Crippen molar-refractivity contribution in [3.8, 4) is 0 Å². The number of hydrogen-bond acceptors (Lipinski definition) is 6. The molecule has 1 amide bonds. The molecular formula is C16H22N4O2S. The molecule has 1 atom stereocenters. The zero-order valence-corrected chi connectivity index (χ0v) is 14.5. The van der Waals surface area contributed by atoms with Crippen LogP contribution in [0.25, 0.3) is 10.2 Å². The molecule has 0 aromatic carbocycles. The second-order valence-electron chi connectivity index (χ2n) is 6.32. The maximum absolute atomic E-state index is 11.8. The van der Waals surface area contributed by atoms with E-state index in [1.165, 1.54) is 5.56 Å². The summed E-state index contributed by atoms with van der Waals surface area (Å²) < 4.78 is 5.43. The number of thiophene rings is 1. The zero-order valence-electron chi connectivity index (χ0n) is 13.7. The van der Waals surface area contributed by atoms with Crippen LogP contribution >= 0.6 is 11.3 Å². The zero-order chi connectivity index (χ0) is 16.6.